The first-order chi connectivity index (χ1) is 14.9. The van der Waals surface area contributed by atoms with Gasteiger partial charge >= 0.3 is 0 Å². The zero-order chi connectivity index (χ0) is 22.0. The van der Waals surface area contributed by atoms with Gasteiger partial charge in [0.1, 0.15) is 30.0 Å². The molecule has 1 aliphatic heterocycles. The first-order valence-electron chi connectivity index (χ1n) is 9.69. The number of hydrogen-bond acceptors (Lipinski definition) is 5. The topological polar surface area (TPSA) is 73.9 Å². The number of nitrogens with one attached hydrogen (secondary N) is 1. The predicted molar refractivity (Wildman–Crippen MR) is 122 cm³/mol. The summed E-state index contributed by atoms with van der Waals surface area (Å²) in [7, 11) is -1.81. The lowest BCUT2D eigenvalue weighted by Gasteiger charge is -2.30. The molecule has 0 spiro atoms. The third-order valence-corrected chi connectivity index (χ3v) is 5.49. The molecule has 0 fully saturated rings. The van der Waals surface area contributed by atoms with E-state index in [4.69, 9.17) is 14.2 Å². The summed E-state index contributed by atoms with van der Waals surface area (Å²) in [6.07, 6.45) is 2.35. The Morgan fingerprint density at radius 3 is 2.68 bits per heavy atom. The van der Waals surface area contributed by atoms with E-state index < -0.39 is 16.1 Å². The van der Waals surface area contributed by atoms with Crippen LogP contribution < -0.4 is 18.9 Å². The second kappa shape index (κ2) is 8.35. The SMILES string of the molecule is C=CCOc1cccc(C2Oc3cccc(OC)c3-c3ccc(NS(C)(=O)=O)cc32)c1. The second-order valence-corrected chi connectivity index (χ2v) is 8.93. The number of benzene rings is 3. The summed E-state index contributed by atoms with van der Waals surface area (Å²) in [6.45, 7) is 4.08. The molecular formula is C24H23NO5S. The van der Waals surface area contributed by atoms with Crippen LogP contribution in [0.1, 0.15) is 17.2 Å². The Hall–Kier alpha value is -3.45. The highest BCUT2D eigenvalue weighted by Crippen LogP contribution is 2.49. The number of sulfonamides is 1. The van der Waals surface area contributed by atoms with Crippen molar-refractivity contribution >= 4 is 15.7 Å². The van der Waals surface area contributed by atoms with Crippen LogP contribution in [0.15, 0.2) is 73.3 Å². The molecule has 7 heteroatoms. The molecule has 0 aliphatic carbocycles. The Morgan fingerprint density at radius 1 is 1.13 bits per heavy atom. The van der Waals surface area contributed by atoms with Crippen LogP contribution >= 0.6 is 0 Å². The van der Waals surface area contributed by atoms with Crippen molar-refractivity contribution in [3.8, 4) is 28.4 Å². The molecule has 1 N–H and O–H groups in total. The van der Waals surface area contributed by atoms with Gasteiger partial charge in [-0.15, -0.1) is 0 Å². The van der Waals surface area contributed by atoms with Crippen LogP contribution in [0.4, 0.5) is 5.69 Å². The highest BCUT2D eigenvalue weighted by Gasteiger charge is 2.30. The van der Waals surface area contributed by atoms with E-state index in [2.05, 4.69) is 11.3 Å². The van der Waals surface area contributed by atoms with Gasteiger partial charge in [0.2, 0.25) is 10.0 Å². The summed E-state index contributed by atoms with van der Waals surface area (Å²) in [5.74, 6) is 2.08. The van der Waals surface area contributed by atoms with Crippen LogP contribution in [0.3, 0.4) is 0 Å². The summed E-state index contributed by atoms with van der Waals surface area (Å²) >= 11 is 0. The van der Waals surface area contributed by atoms with E-state index in [1.54, 1.807) is 25.3 Å². The normalized spacial score (nSPS) is 14.6. The van der Waals surface area contributed by atoms with E-state index in [1.165, 1.54) is 0 Å². The van der Waals surface area contributed by atoms with Crippen molar-refractivity contribution in [1.82, 2.24) is 0 Å². The molecule has 1 heterocycles. The van der Waals surface area contributed by atoms with Crippen molar-refractivity contribution in [2.45, 2.75) is 6.10 Å². The third-order valence-electron chi connectivity index (χ3n) is 4.89. The van der Waals surface area contributed by atoms with Crippen molar-refractivity contribution < 1.29 is 22.6 Å². The number of fused-ring (bicyclic) bond motifs is 3. The van der Waals surface area contributed by atoms with Gasteiger partial charge in [-0.25, -0.2) is 8.42 Å². The van der Waals surface area contributed by atoms with Gasteiger partial charge in [-0.2, -0.15) is 0 Å². The second-order valence-electron chi connectivity index (χ2n) is 7.18. The van der Waals surface area contributed by atoms with E-state index in [1.807, 2.05) is 48.5 Å². The maximum atomic E-state index is 11.8. The lowest BCUT2D eigenvalue weighted by Crippen LogP contribution is -2.17. The van der Waals surface area contributed by atoms with Crippen LogP contribution in [0.25, 0.3) is 11.1 Å². The molecule has 1 aliphatic rings. The van der Waals surface area contributed by atoms with Gasteiger partial charge in [0.25, 0.3) is 0 Å². The van der Waals surface area contributed by atoms with Gasteiger partial charge < -0.3 is 14.2 Å². The Bertz CT molecular complexity index is 1240. The van der Waals surface area contributed by atoms with Crippen LogP contribution in [-0.4, -0.2) is 28.4 Å². The lowest BCUT2D eigenvalue weighted by atomic mass is 9.88. The number of methoxy groups -OCH3 is 1. The number of rotatable bonds is 7. The molecule has 4 rings (SSSR count). The molecule has 0 bridgehead atoms. The van der Waals surface area contributed by atoms with E-state index in [9.17, 15) is 8.42 Å². The smallest absolute Gasteiger partial charge is 0.229 e. The maximum absolute atomic E-state index is 11.8. The monoisotopic (exact) mass is 437 g/mol. The highest BCUT2D eigenvalue weighted by atomic mass is 32.2. The van der Waals surface area contributed by atoms with Crippen molar-refractivity contribution in [1.29, 1.82) is 0 Å². The Labute approximate surface area is 182 Å². The van der Waals surface area contributed by atoms with Gasteiger partial charge in [0.15, 0.2) is 0 Å². The summed E-state index contributed by atoms with van der Waals surface area (Å²) in [6, 6.07) is 18.7. The molecule has 1 atom stereocenters. The van der Waals surface area contributed by atoms with Gasteiger partial charge in [-0.05, 0) is 42.0 Å². The van der Waals surface area contributed by atoms with Crippen LogP contribution in [-0.2, 0) is 10.0 Å². The fourth-order valence-corrected chi connectivity index (χ4v) is 4.25. The van der Waals surface area contributed by atoms with E-state index in [0.717, 1.165) is 28.5 Å². The highest BCUT2D eigenvalue weighted by molar-refractivity contribution is 7.92. The fraction of sp³-hybridized carbons (Fsp3) is 0.167. The molecule has 160 valence electrons. The number of hydrogen-bond donors (Lipinski definition) is 1. The van der Waals surface area contributed by atoms with E-state index in [0.29, 0.717) is 29.5 Å². The van der Waals surface area contributed by atoms with E-state index in [-0.39, 0.29) is 0 Å². The van der Waals surface area contributed by atoms with Crippen LogP contribution in [0.2, 0.25) is 0 Å². The average Bonchev–Trinajstić information content (AvgIpc) is 2.75. The standard InChI is InChI=1S/C24H23NO5S/c1-4-13-29-18-8-5-7-16(14-18)24-20-15-17(25-31(3,26)27)11-12-19(20)23-21(28-2)9-6-10-22(23)30-24/h4-12,14-15,24-25H,1,13H2,2-3H3. The molecule has 31 heavy (non-hydrogen) atoms. The van der Waals surface area contributed by atoms with Crippen molar-refractivity contribution in [3.63, 3.8) is 0 Å². The van der Waals surface area contributed by atoms with Gasteiger partial charge in [0, 0.05) is 16.8 Å². The molecule has 0 saturated heterocycles. The molecule has 0 amide bonds. The molecule has 0 aromatic heterocycles. The van der Waals surface area contributed by atoms with Crippen molar-refractivity contribution in [2.24, 2.45) is 0 Å². The molecule has 0 radical (unpaired) electrons. The minimum atomic E-state index is -3.42. The minimum Gasteiger partial charge on any atom is -0.496 e. The van der Waals surface area contributed by atoms with Gasteiger partial charge in [-0.3, -0.25) is 4.72 Å². The number of anilines is 1. The number of ether oxygens (including phenoxy) is 3. The van der Waals surface area contributed by atoms with Crippen LogP contribution in [0, 0.1) is 0 Å². The minimum absolute atomic E-state index is 0.397. The zero-order valence-electron chi connectivity index (χ0n) is 17.3. The molecule has 1 unspecified atom stereocenters. The third kappa shape index (κ3) is 4.36. The fourth-order valence-electron chi connectivity index (χ4n) is 3.69. The molecule has 6 nitrogen and oxygen atoms in total. The quantitative estimate of drug-likeness (QED) is 0.539. The summed E-state index contributed by atoms with van der Waals surface area (Å²) in [4.78, 5) is 0. The zero-order valence-corrected chi connectivity index (χ0v) is 18.1. The Morgan fingerprint density at radius 2 is 1.94 bits per heavy atom. The largest absolute Gasteiger partial charge is 0.496 e. The maximum Gasteiger partial charge on any atom is 0.229 e. The average molecular weight is 438 g/mol. The Kier molecular flexibility index (Phi) is 5.61. The first-order valence-corrected chi connectivity index (χ1v) is 11.6. The summed E-state index contributed by atoms with van der Waals surface area (Å²) < 4.78 is 43.7. The summed E-state index contributed by atoms with van der Waals surface area (Å²) in [5, 5.41) is 0. The predicted octanol–water partition coefficient (Wildman–Crippen LogP) is 4.78. The first kappa shape index (κ1) is 20.8. The van der Waals surface area contributed by atoms with Crippen LogP contribution in [0.5, 0.6) is 17.2 Å². The lowest BCUT2D eigenvalue weighted by molar-refractivity contribution is 0.241. The van der Waals surface area contributed by atoms with Crippen molar-refractivity contribution in [3.05, 3.63) is 84.4 Å². The van der Waals surface area contributed by atoms with Gasteiger partial charge in [-0.1, -0.05) is 36.9 Å². The molecule has 3 aromatic rings. The van der Waals surface area contributed by atoms with E-state index >= 15 is 0 Å². The van der Waals surface area contributed by atoms with Crippen molar-refractivity contribution in [2.75, 3.05) is 24.7 Å². The molecular weight excluding hydrogens is 414 g/mol. The Balaban J connectivity index is 1.87. The summed E-state index contributed by atoms with van der Waals surface area (Å²) in [5.41, 5.74) is 3.92. The molecule has 3 aromatic carbocycles. The van der Waals surface area contributed by atoms with Gasteiger partial charge in [0.05, 0.1) is 18.9 Å². The molecule has 0 saturated carbocycles.